The van der Waals surface area contributed by atoms with E-state index in [0.29, 0.717) is 12.1 Å². The molecule has 0 amide bonds. The molecule has 1 aliphatic carbocycles. The molecule has 0 saturated heterocycles. The van der Waals surface area contributed by atoms with E-state index in [1.807, 2.05) is 6.20 Å². The molecule has 1 fully saturated rings. The molecule has 1 saturated carbocycles. The number of hydrogen-bond donors (Lipinski definition) is 1. The van der Waals surface area contributed by atoms with Gasteiger partial charge in [-0.3, -0.25) is 4.98 Å². The number of hydrogen-bond acceptors (Lipinski definition) is 3. The highest BCUT2D eigenvalue weighted by atomic mass is 15.1. The van der Waals surface area contributed by atoms with Gasteiger partial charge in [0.25, 0.3) is 0 Å². The average molecular weight is 289 g/mol. The molecule has 0 aromatic carbocycles. The molecular formula is C18H31N3. The zero-order chi connectivity index (χ0) is 15.4. The molecule has 0 unspecified atom stereocenters. The number of pyridine rings is 1. The maximum absolute atomic E-state index is 4.49. The van der Waals surface area contributed by atoms with Crippen LogP contribution in [0.5, 0.6) is 0 Å². The minimum Gasteiger partial charge on any atom is -0.371 e. The van der Waals surface area contributed by atoms with E-state index in [2.05, 4.69) is 56.0 Å². The van der Waals surface area contributed by atoms with Crippen LogP contribution >= 0.6 is 0 Å². The lowest BCUT2D eigenvalue weighted by molar-refractivity contribution is 0.340. The number of aryl methyl sites for hydroxylation is 1. The fourth-order valence-electron chi connectivity index (χ4n) is 3.18. The second kappa shape index (κ2) is 7.26. The fourth-order valence-corrected chi connectivity index (χ4v) is 3.18. The Bertz CT molecular complexity index is 448. The normalized spacial score (nSPS) is 22.6. The van der Waals surface area contributed by atoms with Gasteiger partial charge in [-0.25, -0.2) is 0 Å². The van der Waals surface area contributed by atoms with Crippen molar-refractivity contribution < 1.29 is 0 Å². The van der Waals surface area contributed by atoms with Crippen LogP contribution in [0.3, 0.4) is 0 Å². The third-order valence-corrected chi connectivity index (χ3v) is 4.71. The number of nitrogens with one attached hydrogen (secondary N) is 1. The molecule has 1 heterocycles. The number of nitrogens with zero attached hydrogens (tertiary/aromatic N) is 2. The predicted octanol–water partition coefficient (Wildman–Crippen LogP) is 3.90. The first-order chi connectivity index (χ1) is 9.97. The van der Waals surface area contributed by atoms with Crippen molar-refractivity contribution >= 4 is 5.69 Å². The first kappa shape index (κ1) is 16.3. The van der Waals surface area contributed by atoms with Crippen LogP contribution in [0.4, 0.5) is 5.69 Å². The lowest BCUT2D eigenvalue weighted by Gasteiger charge is -2.36. The Labute approximate surface area is 130 Å². The number of anilines is 1. The lowest BCUT2D eigenvalue weighted by Crippen LogP contribution is -2.36. The van der Waals surface area contributed by atoms with E-state index in [1.54, 1.807) is 0 Å². The second-order valence-corrected chi connectivity index (χ2v) is 7.01. The van der Waals surface area contributed by atoms with Gasteiger partial charge in [-0.15, -0.1) is 0 Å². The SMILES string of the molecule is Cc1cc(N(C)C2CCC(C)CC2)c(CNC(C)C)cn1. The molecule has 2 rings (SSSR count). The predicted molar refractivity (Wildman–Crippen MR) is 90.8 cm³/mol. The molecule has 0 atom stereocenters. The van der Waals surface area contributed by atoms with Crippen LogP contribution in [0, 0.1) is 12.8 Å². The van der Waals surface area contributed by atoms with Crippen LogP contribution in [0.15, 0.2) is 12.3 Å². The minimum absolute atomic E-state index is 0.500. The first-order valence-electron chi connectivity index (χ1n) is 8.39. The Balaban J connectivity index is 2.14. The largest absolute Gasteiger partial charge is 0.371 e. The maximum Gasteiger partial charge on any atom is 0.0445 e. The maximum atomic E-state index is 4.49. The van der Waals surface area contributed by atoms with Gasteiger partial charge in [-0.05, 0) is 44.6 Å². The fraction of sp³-hybridized carbons (Fsp3) is 0.722. The monoisotopic (exact) mass is 289 g/mol. The van der Waals surface area contributed by atoms with Crippen molar-refractivity contribution in [3.05, 3.63) is 23.5 Å². The molecule has 0 radical (unpaired) electrons. The van der Waals surface area contributed by atoms with Gasteiger partial charge in [0.15, 0.2) is 0 Å². The van der Waals surface area contributed by atoms with E-state index < -0.39 is 0 Å². The van der Waals surface area contributed by atoms with Crippen molar-refractivity contribution in [1.29, 1.82) is 0 Å². The summed E-state index contributed by atoms with van der Waals surface area (Å²) >= 11 is 0. The Hall–Kier alpha value is -1.09. The summed E-state index contributed by atoms with van der Waals surface area (Å²) in [6.07, 6.45) is 7.39. The van der Waals surface area contributed by atoms with Crippen molar-refractivity contribution in [3.8, 4) is 0 Å². The molecule has 118 valence electrons. The topological polar surface area (TPSA) is 28.2 Å². The van der Waals surface area contributed by atoms with Gasteiger partial charge in [0.2, 0.25) is 0 Å². The molecule has 1 N–H and O–H groups in total. The summed E-state index contributed by atoms with van der Waals surface area (Å²) in [5.41, 5.74) is 3.78. The van der Waals surface area contributed by atoms with E-state index >= 15 is 0 Å². The van der Waals surface area contributed by atoms with Crippen molar-refractivity contribution in [2.75, 3.05) is 11.9 Å². The highest BCUT2D eigenvalue weighted by molar-refractivity contribution is 5.54. The highest BCUT2D eigenvalue weighted by Gasteiger charge is 2.23. The molecule has 21 heavy (non-hydrogen) atoms. The Morgan fingerprint density at radius 3 is 2.57 bits per heavy atom. The van der Waals surface area contributed by atoms with E-state index in [-0.39, 0.29) is 0 Å². The molecule has 3 heteroatoms. The lowest BCUT2D eigenvalue weighted by atomic mass is 9.86. The molecule has 1 aromatic rings. The van der Waals surface area contributed by atoms with Crippen molar-refractivity contribution in [3.63, 3.8) is 0 Å². The van der Waals surface area contributed by atoms with Gasteiger partial charge in [0, 0.05) is 48.8 Å². The van der Waals surface area contributed by atoms with Crippen LogP contribution in [0.25, 0.3) is 0 Å². The number of rotatable bonds is 5. The Morgan fingerprint density at radius 2 is 1.95 bits per heavy atom. The van der Waals surface area contributed by atoms with Crippen molar-refractivity contribution in [2.45, 2.75) is 72.0 Å². The first-order valence-corrected chi connectivity index (χ1v) is 8.39. The summed E-state index contributed by atoms with van der Waals surface area (Å²) in [6.45, 7) is 9.74. The minimum atomic E-state index is 0.500. The van der Waals surface area contributed by atoms with Gasteiger partial charge in [0.05, 0.1) is 0 Å². The summed E-state index contributed by atoms with van der Waals surface area (Å²) in [5.74, 6) is 0.899. The zero-order valence-corrected chi connectivity index (χ0v) is 14.3. The van der Waals surface area contributed by atoms with E-state index in [1.165, 1.54) is 36.9 Å². The summed E-state index contributed by atoms with van der Waals surface area (Å²) < 4.78 is 0. The van der Waals surface area contributed by atoms with Gasteiger partial charge >= 0.3 is 0 Å². The Kier molecular flexibility index (Phi) is 5.63. The zero-order valence-electron chi connectivity index (χ0n) is 14.3. The highest BCUT2D eigenvalue weighted by Crippen LogP contribution is 2.31. The van der Waals surface area contributed by atoms with Crippen LogP contribution < -0.4 is 10.2 Å². The summed E-state index contributed by atoms with van der Waals surface area (Å²) in [6, 6.07) is 3.43. The molecule has 3 nitrogen and oxygen atoms in total. The van der Waals surface area contributed by atoms with E-state index in [9.17, 15) is 0 Å². The van der Waals surface area contributed by atoms with Crippen LogP contribution in [0.2, 0.25) is 0 Å². The average Bonchev–Trinajstić information content (AvgIpc) is 2.46. The molecule has 1 aromatic heterocycles. The molecule has 1 aliphatic rings. The summed E-state index contributed by atoms with van der Waals surface area (Å²) in [4.78, 5) is 6.99. The number of aromatic nitrogens is 1. The molecular weight excluding hydrogens is 258 g/mol. The van der Waals surface area contributed by atoms with E-state index in [0.717, 1.165) is 18.2 Å². The third kappa shape index (κ3) is 4.44. The van der Waals surface area contributed by atoms with Crippen LogP contribution in [-0.4, -0.2) is 24.1 Å². The molecule has 0 aliphatic heterocycles. The smallest absolute Gasteiger partial charge is 0.0445 e. The standard InChI is InChI=1S/C18H31N3/c1-13(2)19-11-16-12-20-15(4)10-18(16)21(5)17-8-6-14(3)7-9-17/h10,12-14,17,19H,6-9,11H2,1-5H3. The Morgan fingerprint density at radius 1 is 1.29 bits per heavy atom. The summed E-state index contributed by atoms with van der Waals surface area (Å²) in [7, 11) is 2.26. The molecule has 0 bridgehead atoms. The van der Waals surface area contributed by atoms with Gasteiger partial charge in [0.1, 0.15) is 0 Å². The van der Waals surface area contributed by atoms with Crippen LogP contribution in [-0.2, 0) is 6.54 Å². The van der Waals surface area contributed by atoms with Crippen molar-refractivity contribution in [2.24, 2.45) is 5.92 Å². The molecule has 0 spiro atoms. The van der Waals surface area contributed by atoms with Gasteiger partial charge in [-0.2, -0.15) is 0 Å². The van der Waals surface area contributed by atoms with Gasteiger partial charge in [-0.1, -0.05) is 20.8 Å². The summed E-state index contributed by atoms with van der Waals surface area (Å²) in [5, 5.41) is 3.52. The van der Waals surface area contributed by atoms with Crippen LogP contribution in [0.1, 0.15) is 57.7 Å². The second-order valence-electron chi connectivity index (χ2n) is 7.01. The van der Waals surface area contributed by atoms with Crippen molar-refractivity contribution in [1.82, 2.24) is 10.3 Å². The van der Waals surface area contributed by atoms with Gasteiger partial charge < -0.3 is 10.2 Å². The third-order valence-electron chi connectivity index (χ3n) is 4.71. The quantitative estimate of drug-likeness (QED) is 0.891. The van der Waals surface area contributed by atoms with E-state index in [4.69, 9.17) is 0 Å².